The quantitative estimate of drug-likeness (QED) is 0.102. The molecule has 0 aromatic carbocycles. The van der Waals surface area contributed by atoms with Crippen LogP contribution in [0.1, 0.15) is 38.3 Å². The molecule has 35 heavy (non-hydrogen) atoms. The van der Waals surface area contributed by atoms with Crippen LogP contribution >= 0.6 is 0 Å². The lowest BCUT2D eigenvalue weighted by molar-refractivity contribution is -0.146. The van der Waals surface area contributed by atoms with Crippen LogP contribution in [0.5, 0.6) is 0 Å². The molecule has 15 nitrogen and oxygen atoms in total. The summed E-state index contributed by atoms with van der Waals surface area (Å²) in [7, 11) is 0. The lowest BCUT2D eigenvalue weighted by Crippen LogP contribution is -2.59. The van der Waals surface area contributed by atoms with E-state index in [2.05, 4.69) is 20.6 Å². The molecule has 1 aromatic heterocycles. The maximum Gasteiger partial charge on any atom is 0.328 e. The number of carbonyl (C=O) groups excluding carboxylic acids is 3. The van der Waals surface area contributed by atoms with Crippen LogP contribution < -0.4 is 27.4 Å². The Morgan fingerprint density at radius 2 is 1.66 bits per heavy atom. The lowest BCUT2D eigenvalue weighted by Gasteiger charge is -2.25. The third kappa shape index (κ3) is 10.5. The van der Waals surface area contributed by atoms with Crippen molar-refractivity contribution >= 4 is 29.7 Å². The van der Waals surface area contributed by atoms with E-state index in [0.717, 1.165) is 6.92 Å². The molecule has 0 fully saturated rings. The monoisotopic (exact) mass is 499 g/mol. The van der Waals surface area contributed by atoms with E-state index in [0.29, 0.717) is 31.5 Å². The number of nitrogens with one attached hydrogen (secondary N) is 4. The molecule has 5 unspecified atom stereocenters. The van der Waals surface area contributed by atoms with Gasteiger partial charge in [0, 0.05) is 18.3 Å². The zero-order valence-corrected chi connectivity index (χ0v) is 19.3. The fraction of sp³-hybridized carbons (Fsp3) is 0.600. The van der Waals surface area contributed by atoms with Gasteiger partial charge in [0.05, 0.1) is 24.9 Å². The first-order chi connectivity index (χ1) is 16.5. The molecule has 1 aromatic rings. The number of aliphatic hydroxyl groups is 1. The van der Waals surface area contributed by atoms with Crippen molar-refractivity contribution in [2.75, 3.05) is 6.54 Å². The van der Waals surface area contributed by atoms with Gasteiger partial charge in [-0.25, -0.2) is 9.78 Å². The topological polar surface area (TPSA) is 263 Å². The molecule has 1 heterocycles. The van der Waals surface area contributed by atoms with Crippen LogP contribution in [-0.4, -0.2) is 91.8 Å². The van der Waals surface area contributed by atoms with Gasteiger partial charge in [0.1, 0.15) is 12.1 Å². The Morgan fingerprint density at radius 1 is 1.03 bits per heavy atom. The van der Waals surface area contributed by atoms with Crippen molar-refractivity contribution in [1.29, 1.82) is 0 Å². The van der Waals surface area contributed by atoms with Crippen LogP contribution in [-0.2, 0) is 30.4 Å². The van der Waals surface area contributed by atoms with Crippen LogP contribution in [0.3, 0.4) is 0 Å². The molecule has 5 atom stereocenters. The first kappa shape index (κ1) is 29.5. The first-order valence-electron chi connectivity index (χ1n) is 10.9. The van der Waals surface area contributed by atoms with Crippen LogP contribution in [0.25, 0.3) is 0 Å². The standard InChI is InChI=1S/C20H33N7O8/c1-10(28)16(20(34)35)27-19(33)14(7-15(29)30)26-18(32)13(6-11-8-23-9-24-11)25-17(31)12(22)4-2-3-5-21/h8-10,12-14,16,28H,2-7,21-22H2,1H3,(H,23,24)(H,25,31)(H,26,32)(H,27,33)(H,29,30)(H,34,35). The van der Waals surface area contributed by atoms with Gasteiger partial charge in [0.15, 0.2) is 6.04 Å². The summed E-state index contributed by atoms with van der Waals surface area (Å²) in [5, 5.41) is 34.6. The molecule has 0 aliphatic rings. The van der Waals surface area contributed by atoms with Crippen LogP contribution in [0.4, 0.5) is 0 Å². The third-order valence-electron chi connectivity index (χ3n) is 4.98. The number of carboxylic acids is 2. The van der Waals surface area contributed by atoms with E-state index >= 15 is 0 Å². The Morgan fingerprint density at radius 3 is 2.17 bits per heavy atom. The van der Waals surface area contributed by atoms with Crippen molar-refractivity contribution in [2.24, 2.45) is 11.5 Å². The summed E-state index contributed by atoms with van der Waals surface area (Å²) in [4.78, 5) is 67.2. The number of unbranched alkanes of at least 4 members (excludes halogenated alkanes) is 1. The Hall–Kier alpha value is -3.56. The second-order valence-electron chi connectivity index (χ2n) is 7.96. The van der Waals surface area contributed by atoms with E-state index in [1.165, 1.54) is 12.5 Å². The maximum atomic E-state index is 13.0. The predicted molar refractivity (Wildman–Crippen MR) is 121 cm³/mol. The number of nitrogens with zero attached hydrogens (tertiary/aromatic N) is 1. The van der Waals surface area contributed by atoms with Crippen LogP contribution in [0, 0.1) is 0 Å². The van der Waals surface area contributed by atoms with Crippen molar-refractivity contribution in [3.05, 3.63) is 18.2 Å². The molecular weight excluding hydrogens is 466 g/mol. The number of amides is 3. The van der Waals surface area contributed by atoms with Gasteiger partial charge in [-0.2, -0.15) is 0 Å². The number of carboxylic acid groups (broad SMARTS) is 2. The van der Waals surface area contributed by atoms with E-state index in [4.69, 9.17) is 21.7 Å². The zero-order chi connectivity index (χ0) is 26.5. The number of H-pyrrole nitrogens is 1. The molecule has 3 amide bonds. The second kappa shape index (κ2) is 14.6. The SMILES string of the molecule is CC(O)C(NC(=O)C(CC(=O)O)NC(=O)C(Cc1cnc[nH]1)NC(=O)C(N)CCCCN)C(=O)O. The van der Waals surface area contributed by atoms with E-state index in [9.17, 15) is 29.1 Å². The number of imidazole rings is 1. The van der Waals surface area contributed by atoms with Gasteiger partial charge in [-0.3, -0.25) is 19.2 Å². The van der Waals surface area contributed by atoms with Crippen LogP contribution in [0.15, 0.2) is 12.5 Å². The first-order valence-corrected chi connectivity index (χ1v) is 10.9. The van der Waals surface area contributed by atoms with E-state index in [1.54, 1.807) is 0 Å². The number of aromatic nitrogens is 2. The molecule has 0 aliphatic carbocycles. The summed E-state index contributed by atoms with van der Waals surface area (Å²) in [6.07, 6.45) is 1.88. The van der Waals surface area contributed by atoms with Gasteiger partial charge in [-0.1, -0.05) is 6.42 Å². The smallest absolute Gasteiger partial charge is 0.328 e. The van der Waals surface area contributed by atoms with Crippen molar-refractivity contribution in [1.82, 2.24) is 25.9 Å². The molecule has 1 rings (SSSR count). The Labute approximate surface area is 201 Å². The van der Waals surface area contributed by atoms with Gasteiger partial charge < -0.3 is 47.7 Å². The largest absolute Gasteiger partial charge is 0.481 e. The average molecular weight is 500 g/mol. The highest BCUT2D eigenvalue weighted by atomic mass is 16.4. The highest BCUT2D eigenvalue weighted by Gasteiger charge is 2.33. The molecule has 0 aliphatic heterocycles. The van der Waals surface area contributed by atoms with E-state index in [-0.39, 0.29) is 6.42 Å². The third-order valence-corrected chi connectivity index (χ3v) is 4.98. The molecule has 0 saturated heterocycles. The summed E-state index contributed by atoms with van der Waals surface area (Å²) < 4.78 is 0. The van der Waals surface area contributed by atoms with Crippen molar-refractivity contribution in [3.8, 4) is 0 Å². The molecule has 196 valence electrons. The molecule has 0 radical (unpaired) electrons. The summed E-state index contributed by atoms with van der Waals surface area (Å²) in [5.41, 5.74) is 11.8. The number of nitrogens with two attached hydrogens (primary N) is 2. The van der Waals surface area contributed by atoms with Crippen LogP contribution in [0.2, 0.25) is 0 Å². The van der Waals surface area contributed by atoms with Crippen molar-refractivity contribution < 1.29 is 39.3 Å². The Kier molecular flexibility index (Phi) is 12.3. The van der Waals surface area contributed by atoms with Crippen molar-refractivity contribution in [3.63, 3.8) is 0 Å². The van der Waals surface area contributed by atoms with E-state index < -0.39 is 66.4 Å². The number of aromatic amines is 1. The molecule has 0 bridgehead atoms. The molecule has 11 N–H and O–H groups in total. The zero-order valence-electron chi connectivity index (χ0n) is 19.3. The maximum absolute atomic E-state index is 13.0. The van der Waals surface area contributed by atoms with Gasteiger partial charge in [0.25, 0.3) is 0 Å². The highest BCUT2D eigenvalue weighted by Crippen LogP contribution is 2.05. The van der Waals surface area contributed by atoms with Gasteiger partial charge >= 0.3 is 11.9 Å². The number of aliphatic hydroxyl groups excluding tert-OH is 1. The highest BCUT2D eigenvalue weighted by molar-refractivity contribution is 5.95. The molecule has 0 spiro atoms. The summed E-state index contributed by atoms with van der Waals surface area (Å²) in [6.45, 7) is 1.56. The van der Waals surface area contributed by atoms with E-state index in [1.807, 2.05) is 5.32 Å². The van der Waals surface area contributed by atoms with Gasteiger partial charge in [-0.15, -0.1) is 0 Å². The second-order valence-corrected chi connectivity index (χ2v) is 7.96. The number of carbonyl (C=O) groups is 5. The number of aliphatic carboxylic acids is 2. The molecule has 15 heteroatoms. The van der Waals surface area contributed by atoms with Crippen molar-refractivity contribution in [2.45, 2.75) is 69.3 Å². The number of hydrogen-bond acceptors (Lipinski definition) is 9. The fourth-order valence-corrected chi connectivity index (χ4v) is 3.04. The average Bonchev–Trinajstić information content (AvgIpc) is 3.28. The minimum Gasteiger partial charge on any atom is -0.481 e. The Bertz CT molecular complexity index is 862. The fourth-order valence-electron chi connectivity index (χ4n) is 3.04. The predicted octanol–water partition coefficient (Wildman–Crippen LogP) is -3.20. The summed E-state index contributed by atoms with van der Waals surface area (Å²) in [6, 6.07) is -5.62. The minimum absolute atomic E-state index is 0.0834. The molecule has 0 saturated carbocycles. The summed E-state index contributed by atoms with van der Waals surface area (Å²) in [5.74, 6) is -5.69. The number of hydrogen-bond donors (Lipinski definition) is 9. The normalized spacial score (nSPS) is 15.2. The Balaban J connectivity index is 3.02. The van der Waals surface area contributed by atoms with Gasteiger partial charge in [-0.05, 0) is 26.3 Å². The lowest BCUT2D eigenvalue weighted by atomic mass is 10.1. The van der Waals surface area contributed by atoms with Gasteiger partial charge in [0.2, 0.25) is 17.7 Å². The molecular formula is C20H33N7O8. The summed E-state index contributed by atoms with van der Waals surface area (Å²) >= 11 is 0. The number of rotatable bonds is 16. The minimum atomic E-state index is -1.73.